The molecule has 1 heterocycles. The molecule has 0 aromatic carbocycles. The normalized spacial score (nSPS) is 14.3. The van der Waals surface area contributed by atoms with Crippen LogP contribution in [0.5, 0.6) is 0 Å². The van der Waals surface area contributed by atoms with Crippen molar-refractivity contribution in [1.29, 1.82) is 0 Å². The number of rotatable bonds is 8. The lowest BCUT2D eigenvalue weighted by Gasteiger charge is -2.19. The quantitative estimate of drug-likeness (QED) is 0.677. The minimum Gasteiger partial charge on any atom is -0.447 e. The molecular formula is C14H26N2O4S. The molecule has 1 aromatic heterocycles. The van der Waals surface area contributed by atoms with Crippen molar-refractivity contribution in [3.8, 4) is 0 Å². The van der Waals surface area contributed by atoms with E-state index in [0.717, 1.165) is 0 Å². The van der Waals surface area contributed by atoms with E-state index in [1.165, 1.54) is 6.07 Å². The lowest BCUT2D eigenvalue weighted by Crippen LogP contribution is -2.34. The van der Waals surface area contributed by atoms with Crippen molar-refractivity contribution in [3.63, 3.8) is 0 Å². The molecule has 0 spiro atoms. The maximum absolute atomic E-state index is 12.0. The summed E-state index contributed by atoms with van der Waals surface area (Å²) in [5.74, 6) is 0.568. The molecule has 0 bridgehead atoms. The molecule has 6 nitrogen and oxygen atoms in total. The summed E-state index contributed by atoms with van der Waals surface area (Å²) >= 11 is 0. The highest BCUT2D eigenvalue weighted by molar-refractivity contribution is 7.89. The van der Waals surface area contributed by atoms with Gasteiger partial charge in [0.15, 0.2) is 0 Å². The van der Waals surface area contributed by atoms with Gasteiger partial charge in [-0.25, -0.2) is 13.1 Å². The van der Waals surface area contributed by atoms with Crippen LogP contribution in [0.25, 0.3) is 0 Å². The van der Waals surface area contributed by atoms with E-state index < -0.39 is 16.1 Å². The molecule has 0 aliphatic rings. The third kappa shape index (κ3) is 6.60. The Morgan fingerprint density at radius 1 is 1.33 bits per heavy atom. The van der Waals surface area contributed by atoms with Gasteiger partial charge >= 0.3 is 0 Å². The van der Waals surface area contributed by atoms with Gasteiger partial charge in [-0.3, -0.25) is 0 Å². The minimum absolute atomic E-state index is 0.0691. The summed E-state index contributed by atoms with van der Waals surface area (Å²) in [7, 11) is -3.65. The average molecular weight is 318 g/mol. The van der Waals surface area contributed by atoms with E-state index in [9.17, 15) is 13.5 Å². The molecule has 0 fully saturated rings. The molecule has 3 N–H and O–H groups in total. The Hall–Kier alpha value is -0.890. The van der Waals surface area contributed by atoms with Gasteiger partial charge in [0.25, 0.3) is 10.0 Å². The van der Waals surface area contributed by atoms with Crippen molar-refractivity contribution in [3.05, 3.63) is 17.9 Å². The van der Waals surface area contributed by atoms with Crippen LogP contribution in [0, 0.1) is 0 Å². The summed E-state index contributed by atoms with van der Waals surface area (Å²) in [6.07, 6.45) is 0.496. The molecule has 1 unspecified atom stereocenters. The molecule has 1 atom stereocenters. The lowest BCUT2D eigenvalue weighted by molar-refractivity contribution is 0.162. The van der Waals surface area contributed by atoms with Crippen LogP contribution in [0.4, 0.5) is 0 Å². The average Bonchev–Trinajstić information content (AvgIpc) is 2.84. The summed E-state index contributed by atoms with van der Waals surface area (Å²) in [5, 5.41) is 12.5. The first-order valence-corrected chi connectivity index (χ1v) is 8.64. The number of sulfonamides is 1. The topological polar surface area (TPSA) is 91.6 Å². The fourth-order valence-electron chi connectivity index (χ4n) is 1.59. The highest BCUT2D eigenvalue weighted by atomic mass is 32.2. The highest BCUT2D eigenvalue weighted by Crippen LogP contribution is 2.14. The zero-order chi connectivity index (χ0) is 16.1. The Labute approximate surface area is 127 Å². The Morgan fingerprint density at radius 2 is 2.00 bits per heavy atom. The number of furan rings is 1. The molecule has 1 aromatic rings. The molecule has 0 saturated carbocycles. The van der Waals surface area contributed by atoms with Crippen LogP contribution in [0.1, 0.15) is 46.3 Å². The van der Waals surface area contributed by atoms with Crippen LogP contribution in [0.3, 0.4) is 0 Å². The highest BCUT2D eigenvalue weighted by Gasteiger charge is 2.19. The molecule has 7 heteroatoms. The van der Waals surface area contributed by atoms with E-state index in [1.54, 1.807) is 6.07 Å². The Morgan fingerprint density at radius 3 is 2.57 bits per heavy atom. The standard InChI is InChI=1S/C14H26N2O4S/c1-5-11(17)8-9-16-21(18,19)13-7-6-12(20-13)10-15-14(2,3)4/h6-7,11,15-17H,5,8-10H2,1-4H3. The Balaban J connectivity index is 2.58. The summed E-state index contributed by atoms with van der Waals surface area (Å²) in [6, 6.07) is 3.09. The first-order valence-electron chi connectivity index (χ1n) is 7.15. The van der Waals surface area contributed by atoms with Crippen LogP contribution < -0.4 is 10.0 Å². The van der Waals surface area contributed by atoms with Gasteiger partial charge in [-0.15, -0.1) is 0 Å². The molecule has 0 aliphatic heterocycles. The van der Waals surface area contributed by atoms with Crippen LogP contribution >= 0.6 is 0 Å². The summed E-state index contributed by atoms with van der Waals surface area (Å²) in [4.78, 5) is 0. The van der Waals surface area contributed by atoms with Crippen molar-refractivity contribution in [2.75, 3.05) is 6.54 Å². The van der Waals surface area contributed by atoms with E-state index in [4.69, 9.17) is 4.42 Å². The van der Waals surface area contributed by atoms with Crippen molar-refractivity contribution in [2.24, 2.45) is 0 Å². The molecular weight excluding hydrogens is 292 g/mol. The van der Waals surface area contributed by atoms with Gasteiger partial charge in [0.1, 0.15) is 5.76 Å². The predicted molar refractivity (Wildman–Crippen MR) is 81.4 cm³/mol. The van der Waals surface area contributed by atoms with Gasteiger partial charge in [0.2, 0.25) is 5.09 Å². The molecule has 0 saturated heterocycles. The second-order valence-corrected chi connectivity index (χ2v) is 7.77. The second-order valence-electron chi connectivity index (χ2n) is 6.07. The zero-order valence-electron chi connectivity index (χ0n) is 13.1. The Bertz CT molecular complexity index is 531. The van der Waals surface area contributed by atoms with Gasteiger partial charge in [0.05, 0.1) is 12.6 Å². The third-order valence-electron chi connectivity index (χ3n) is 2.94. The first kappa shape index (κ1) is 18.2. The van der Waals surface area contributed by atoms with E-state index in [-0.39, 0.29) is 17.2 Å². The van der Waals surface area contributed by atoms with Gasteiger partial charge in [-0.2, -0.15) is 0 Å². The van der Waals surface area contributed by atoms with Crippen LogP contribution in [0.2, 0.25) is 0 Å². The van der Waals surface area contributed by atoms with Crippen LogP contribution in [-0.4, -0.2) is 31.7 Å². The van der Waals surface area contributed by atoms with Gasteiger partial charge in [0, 0.05) is 12.1 Å². The summed E-state index contributed by atoms with van der Waals surface area (Å²) in [5.41, 5.74) is -0.0691. The number of aliphatic hydroxyl groups is 1. The van der Waals surface area contributed by atoms with Gasteiger partial charge in [-0.1, -0.05) is 6.92 Å². The largest absolute Gasteiger partial charge is 0.447 e. The number of nitrogens with one attached hydrogen (secondary N) is 2. The van der Waals surface area contributed by atoms with Crippen molar-refractivity contribution >= 4 is 10.0 Å². The minimum atomic E-state index is -3.65. The zero-order valence-corrected chi connectivity index (χ0v) is 14.0. The van der Waals surface area contributed by atoms with Crippen molar-refractivity contribution < 1.29 is 17.9 Å². The van der Waals surface area contributed by atoms with Crippen LogP contribution in [-0.2, 0) is 16.6 Å². The molecule has 0 amide bonds. The van der Waals surface area contributed by atoms with Crippen LogP contribution in [0.15, 0.2) is 21.6 Å². The molecule has 0 aliphatic carbocycles. The second kappa shape index (κ2) is 7.40. The summed E-state index contributed by atoms with van der Waals surface area (Å²) < 4.78 is 31.8. The van der Waals surface area contributed by atoms with E-state index in [0.29, 0.717) is 25.1 Å². The lowest BCUT2D eigenvalue weighted by atomic mass is 10.1. The maximum Gasteiger partial charge on any atom is 0.273 e. The fraction of sp³-hybridized carbons (Fsp3) is 0.714. The monoisotopic (exact) mass is 318 g/mol. The summed E-state index contributed by atoms with van der Waals surface area (Å²) in [6.45, 7) is 8.57. The fourth-order valence-corrected chi connectivity index (χ4v) is 2.58. The molecule has 122 valence electrons. The van der Waals surface area contributed by atoms with Crippen molar-refractivity contribution in [1.82, 2.24) is 10.0 Å². The smallest absolute Gasteiger partial charge is 0.273 e. The SMILES string of the molecule is CCC(O)CCNS(=O)(=O)c1ccc(CNC(C)(C)C)o1. The van der Waals surface area contributed by atoms with E-state index in [1.807, 2.05) is 27.7 Å². The van der Waals surface area contributed by atoms with Gasteiger partial charge in [-0.05, 0) is 45.7 Å². The number of aliphatic hydroxyl groups excluding tert-OH is 1. The van der Waals surface area contributed by atoms with E-state index >= 15 is 0 Å². The predicted octanol–water partition coefficient (Wildman–Crippen LogP) is 1.61. The molecule has 21 heavy (non-hydrogen) atoms. The molecule has 0 radical (unpaired) electrons. The van der Waals surface area contributed by atoms with E-state index in [2.05, 4.69) is 10.0 Å². The van der Waals surface area contributed by atoms with Gasteiger partial charge < -0.3 is 14.8 Å². The number of hydrogen-bond donors (Lipinski definition) is 3. The number of hydrogen-bond acceptors (Lipinski definition) is 5. The van der Waals surface area contributed by atoms with Crippen molar-refractivity contribution in [2.45, 2.75) is 63.8 Å². The Kier molecular flexibility index (Phi) is 6.40. The molecule has 1 rings (SSSR count). The first-order chi connectivity index (χ1) is 9.64. The third-order valence-corrected chi connectivity index (χ3v) is 4.27. The maximum atomic E-state index is 12.0.